The first-order valence-electron chi connectivity index (χ1n) is 9.46. The van der Waals surface area contributed by atoms with Gasteiger partial charge in [-0.05, 0) is 44.2 Å². The number of hydrogen-bond donors (Lipinski definition) is 2. The van der Waals surface area contributed by atoms with Crippen molar-refractivity contribution < 1.29 is 9.53 Å². The van der Waals surface area contributed by atoms with E-state index in [2.05, 4.69) is 16.3 Å². The quantitative estimate of drug-likeness (QED) is 0.769. The first-order valence-corrected chi connectivity index (χ1v) is 9.46. The van der Waals surface area contributed by atoms with E-state index in [4.69, 9.17) is 10.5 Å². The normalized spacial score (nSPS) is 27.3. The maximum atomic E-state index is 12.6. The number of para-hydroxylation sites is 2. The number of carbonyl (C=O) groups is 1. The molecule has 0 spiro atoms. The van der Waals surface area contributed by atoms with Crippen LogP contribution in [-0.2, 0) is 4.79 Å². The number of carbonyl (C=O) groups excluding carboxylic acids is 1. The van der Waals surface area contributed by atoms with E-state index in [0.717, 1.165) is 63.2 Å². The molecular formula is C20H33Cl2N3O2. The third kappa shape index (κ3) is 5.66. The van der Waals surface area contributed by atoms with Crippen LogP contribution in [0.25, 0.3) is 0 Å². The predicted molar refractivity (Wildman–Crippen MR) is 115 cm³/mol. The fourth-order valence-electron chi connectivity index (χ4n) is 4.27. The summed E-state index contributed by atoms with van der Waals surface area (Å²) in [4.78, 5) is 14.9. The van der Waals surface area contributed by atoms with Gasteiger partial charge in [-0.15, -0.1) is 24.8 Å². The van der Waals surface area contributed by atoms with E-state index >= 15 is 0 Å². The molecule has 5 nitrogen and oxygen atoms in total. The van der Waals surface area contributed by atoms with Gasteiger partial charge in [0.1, 0.15) is 5.75 Å². The van der Waals surface area contributed by atoms with E-state index in [9.17, 15) is 4.79 Å². The van der Waals surface area contributed by atoms with Crippen molar-refractivity contribution in [1.29, 1.82) is 0 Å². The maximum Gasteiger partial charge on any atom is 0.224 e. The number of nitrogens with zero attached hydrogens (tertiary/aromatic N) is 1. The van der Waals surface area contributed by atoms with Crippen molar-refractivity contribution in [2.45, 2.75) is 44.6 Å². The van der Waals surface area contributed by atoms with Gasteiger partial charge in [-0.1, -0.05) is 25.0 Å². The van der Waals surface area contributed by atoms with Crippen molar-refractivity contribution in [3.8, 4) is 5.75 Å². The fourth-order valence-corrected chi connectivity index (χ4v) is 4.27. The van der Waals surface area contributed by atoms with Crippen LogP contribution in [0, 0.1) is 11.8 Å². The smallest absolute Gasteiger partial charge is 0.224 e. The van der Waals surface area contributed by atoms with E-state index in [-0.39, 0.29) is 42.2 Å². The van der Waals surface area contributed by atoms with E-state index in [1.807, 2.05) is 25.1 Å². The number of nitrogens with two attached hydrogens (primary N) is 1. The lowest BCUT2D eigenvalue weighted by atomic mass is 9.74. The number of ether oxygens (including phenoxy) is 1. The summed E-state index contributed by atoms with van der Waals surface area (Å²) in [7, 11) is 1.71. The highest BCUT2D eigenvalue weighted by Crippen LogP contribution is 2.33. The molecule has 3 atom stereocenters. The number of methoxy groups -OCH3 is 1. The molecule has 1 aromatic rings. The van der Waals surface area contributed by atoms with Gasteiger partial charge in [0.2, 0.25) is 5.91 Å². The third-order valence-electron chi connectivity index (χ3n) is 5.85. The average Bonchev–Trinajstić information content (AvgIpc) is 3.08. The Morgan fingerprint density at radius 3 is 2.74 bits per heavy atom. The summed E-state index contributed by atoms with van der Waals surface area (Å²) in [6.07, 6.45) is 5.18. The lowest BCUT2D eigenvalue weighted by molar-refractivity contribution is -0.128. The van der Waals surface area contributed by atoms with Crippen molar-refractivity contribution in [2.75, 3.05) is 31.6 Å². The molecule has 3 N–H and O–H groups in total. The van der Waals surface area contributed by atoms with Crippen molar-refractivity contribution in [1.82, 2.24) is 5.32 Å². The second-order valence-corrected chi connectivity index (χ2v) is 7.82. The van der Waals surface area contributed by atoms with Gasteiger partial charge in [-0.2, -0.15) is 0 Å². The number of rotatable bonds is 5. The topological polar surface area (TPSA) is 67.6 Å². The molecule has 27 heavy (non-hydrogen) atoms. The number of amides is 1. The van der Waals surface area contributed by atoms with Crippen LogP contribution >= 0.6 is 24.8 Å². The summed E-state index contributed by atoms with van der Waals surface area (Å²) in [5.41, 5.74) is 7.13. The van der Waals surface area contributed by atoms with Crippen LogP contribution in [0.4, 0.5) is 5.69 Å². The van der Waals surface area contributed by atoms with Crippen molar-refractivity contribution >= 4 is 36.4 Å². The minimum Gasteiger partial charge on any atom is -0.495 e. The molecule has 2 aliphatic rings. The zero-order valence-corrected chi connectivity index (χ0v) is 17.9. The van der Waals surface area contributed by atoms with Crippen LogP contribution in [0.5, 0.6) is 5.75 Å². The molecule has 2 fully saturated rings. The minimum absolute atomic E-state index is 0. The van der Waals surface area contributed by atoms with Gasteiger partial charge in [-0.3, -0.25) is 4.79 Å². The van der Waals surface area contributed by atoms with Crippen LogP contribution in [0.15, 0.2) is 24.3 Å². The Morgan fingerprint density at radius 1 is 1.30 bits per heavy atom. The van der Waals surface area contributed by atoms with E-state index < -0.39 is 0 Å². The maximum absolute atomic E-state index is 12.6. The standard InChI is InChI=1S/C20H31N3O2.2ClH/c1-20(21)11-6-5-7-16(20)19(24)22-13-15-10-12-23(14-15)17-8-3-4-9-18(17)25-2;;/h3-4,8-9,15-16H,5-7,10-14,21H2,1-2H3,(H,22,24);2*1H. The number of hydrogen-bond acceptors (Lipinski definition) is 4. The molecule has 0 aromatic heterocycles. The van der Waals surface area contributed by atoms with E-state index in [1.54, 1.807) is 7.11 Å². The number of benzene rings is 1. The molecule has 1 heterocycles. The van der Waals surface area contributed by atoms with Gasteiger partial charge >= 0.3 is 0 Å². The zero-order chi connectivity index (χ0) is 17.9. The van der Waals surface area contributed by atoms with Gasteiger partial charge in [0, 0.05) is 25.2 Å². The Bertz CT molecular complexity index is 613. The molecule has 1 saturated carbocycles. The van der Waals surface area contributed by atoms with Crippen LogP contribution in [-0.4, -0.2) is 38.2 Å². The molecule has 3 rings (SSSR count). The summed E-state index contributed by atoms with van der Waals surface area (Å²) in [6.45, 7) is 4.70. The third-order valence-corrected chi connectivity index (χ3v) is 5.85. The molecule has 0 bridgehead atoms. The number of anilines is 1. The van der Waals surface area contributed by atoms with Gasteiger partial charge < -0.3 is 20.7 Å². The molecule has 3 unspecified atom stereocenters. The largest absolute Gasteiger partial charge is 0.495 e. The van der Waals surface area contributed by atoms with Gasteiger partial charge in [0.05, 0.1) is 18.7 Å². The van der Waals surface area contributed by atoms with E-state index in [0.29, 0.717) is 5.92 Å². The predicted octanol–water partition coefficient (Wildman–Crippen LogP) is 3.39. The summed E-state index contributed by atoms with van der Waals surface area (Å²) < 4.78 is 5.47. The van der Waals surface area contributed by atoms with Crippen LogP contribution in [0.2, 0.25) is 0 Å². The van der Waals surface area contributed by atoms with Crippen molar-refractivity contribution in [2.24, 2.45) is 17.6 Å². The lowest BCUT2D eigenvalue weighted by Gasteiger charge is -2.37. The first-order chi connectivity index (χ1) is 12.0. The Hall–Kier alpha value is -1.17. The number of nitrogens with one attached hydrogen (secondary N) is 1. The van der Waals surface area contributed by atoms with Gasteiger partial charge in [-0.25, -0.2) is 0 Å². The number of halogens is 2. The van der Waals surface area contributed by atoms with Crippen molar-refractivity contribution in [3.63, 3.8) is 0 Å². The summed E-state index contributed by atoms with van der Waals surface area (Å²) in [5.74, 6) is 1.48. The first kappa shape index (κ1) is 23.9. The van der Waals surface area contributed by atoms with Gasteiger partial charge in [0.15, 0.2) is 0 Å². The molecular weight excluding hydrogens is 385 g/mol. The second kappa shape index (κ2) is 10.4. The summed E-state index contributed by atoms with van der Waals surface area (Å²) in [6, 6.07) is 8.12. The SMILES string of the molecule is COc1ccccc1N1CCC(CNC(=O)C2CCCCC2(C)N)C1.Cl.Cl. The Labute approximate surface area is 175 Å². The highest BCUT2D eigenvalue weighted by molar-refractivity contribution is 5.85. The average molecular weight is 418 g/mol. The molecule has 1 amide bonds. The van der Waals surface area contributed by atoms with Crippen molar-refractivity contribution in [3.05, 3.63) is 24.3 Å². The highest BCUT2D eigenvalue weighted by Gasteiger charge is 2.38. The fraction of sp³-hybridized carbons (Fsp3) is 0.650. The lowest BCUT2D eigenvalue weighted by Crippen LogP contribution is -2.53. The van der Waals surface area contributed by atoms with Gasteiger partial charge in [0.25, 0.3) is 0 Å². The molecule has 1 aliphatic heterocycles. The Morgan fingerprint density at radius 2 is 2.04 bits per heavy atom. The van der Waals surface area contributed by atoms with Crippen LogP contribution in [0.1, 0.15) is 39.0 Å². The molecule has 0 radical (unpaired) electrons. The van der Waals surface area contributed by atoms with Crippen LogP contribution in [0.3, 0.4) is 0 Å². The van der Waals surface area contributed by atoms with E-state index in [1.165, 1.54) is 0 Å². The second-order valence-electron chi connectivity index (χ2n) is 7.82. The van der Waals surface area contributed by atoms with Crippen LogP contribution < -0.4 is 20.7 Å². The summed E-state index contributed by atoms with van der Waals surface area (Å²) >= 11 is 0. The molecule has 7 heteroatoms. The Kier molecular flexibility index (Phi) is 9.19. The highest BCUT2D eigenvalue weighted by atomic mass is 35.5. The Balaban J connectivity index is 0.00000182. The summed E-state index contributed by atoms with van der Waals surface area (Å²) in [5, 5.41) is 3.17. The zero-order valence-electron chi connectivity index (χ0n) is 16.3. The molecule has 1 saturated heterocycles. The molecule has 1 aromatic carbocycles. The molecule has 1 aliphatic carbocycles. The molecule has 154 valence electrons. The minimum atomic E-state index is -0.360. The monoisotopic (exact) mass is 417 g/mol.